The predicted molar refractivity (Wildman–Crippen MR) is 72.9 cm³/mol. The van der Waals surface area contributed by atoms with Gasteiger partial charge in [-0.25, -0.2) is 0 Å². The second-order valence-corrected chi connectivity index (χ2v) is 5.22. The van der Waals surface area contributed by atoms with Crippen LogP contribution in [0.1, 0.15) is 24.4 Å². The van der Waals surface area contributed by atoms with Crippen molar-refractivity contribution in [2.45, 2.75) is 24.9 Å². The van der Waals surface area contributed by atoms with Crippen LogP contribution in [0.2, 0.25) is 0 Å². The van der Waals surface area contributed by atoms with Crippen molar-refractivity contribution in [3.63, 3.8) is 0 Å². The number of benzene rings is 1. The summed E-state index contributed by atoms with van der Waals surface area (Å²) in [7, 11) is 0. The van der Waals surface area contributed by atoms with Crippen molar-refractivity contribution >= 4 is 11.8 Å². The fourth-order valence-corrected chi connectivity index (χ4v) is 2.84. The van der Waals surface area contributed by atoms with E-state index in [2.05, 4.69) is 5.32 Å². The maximum atomic E-state index is 12.6. The van der Waals surface area contributed by atoms with E-state index < -0.39 is 6.04 Å². The number of hydrogen-bond donors (Lipinski definition) is 1. The monoisotopic (exact) mass is 274 g/mol. The van der Waals surface area contributed by atoms with Crippen LogP contribution in [0, 0.1) is 0 Å². The number of rotatable bonds is 2. The zero-order chi connectivity index (χ0) is 13.9. The summed E-state index contributed by atoms with van der Waals surface area (Å²) in [4.78, 5) is 26.3. The van der Waals surface area contributed by atoms with Crippen molar-refractivity contribution in [2.24, 2.45) is 0 Å². The van der Waals surface area contributed by atoms with Crippen molar-refractivity contribution in [1.82, 2.24) is 10.2 Å². The number of nitrogens with zero attached hydrogens (tertiary/aromatic N) is 1. The largest absolute Gasteiger partial charge is 0.381 e. The van der Waals surface area contributed by atoms with E-state index in [1.54, 1.807) is 4.90 Å². The molecule has 0 aliphatic carbocycles. The summed E-state index contributed by atoms with van der Waals surface area (Å²) < 4.78 is 5.33. The summed E-state index contributed by atoms with van der Waals surface area (Å²) in [6, 6.07) is 8.96. The van der Waals surface area contributed by atoms with Crippen LogP contribution in [0.3, 0.4) is 0 Å². The predicted octanol–water partition coefficient (Wildman–Crippen LogP) is 0.865. The number of amides is 2. The molecule has 0 spiro atoms. The van der Waals surface area contributed by atoms with Crippen molar-refractivity contribution in [2.75, 3.05) is 19.8 Å². The minimum atomic E-state index is -0.555. The van der Waals surface area contributed by atoms with Gasteiger partial charge in [0.1, 0.15) is 6.04 Å². The third-order valence-electron chi connectivity index (χ3n) is 3.91. The lowest BCUT2D eigenvalue weighted by atomic mass is 9.99. The minimum absolute atomic E-state index is 0.0114. The first-order valence-corrected chi connectivity index (χ1v) is 6.98. The molecule has 1 N–H and O–H groups in total. The van der Waals surface area contributed by atoms with Gasteiger partial charge in [0.25, 0.3) is 5.91 Å². The number of hydrogen-bond acceptors (Lipinski definition) is 3. The second-order valence-electron chi connectivity index (χ2n) is 5.22. The third-order valence-corrected chi connectivity index (χ3v) is 3.91. The maximum absolute atomic E-state index is 12.6. The topological polar surface area (TPSA) is 58.6 Å². The van der Waals surface area contributed by atoms with E-state index in [0.717, 1.165) is 18.4 Å². The number of ether oxygens (including phenoxy) is 1. The fourth-order valence-electron chi connectivity index (χ4n) is 2.84. The average molecular weight is 274 g/mol. The van der Waals surface area contributed by atoms with Gasteiger partial charge in [-0.3, -0.25) is 9.59 Å². The lowest BCUT2D eigenvalue weighted by molar-refractivity contribution is -0.148. The third kappa shape index (κ3) is 2.54. The smallest absolute Gasteiger partial charge is 0.250 e. The molecule has 106 valence electrons. The van der Waals surface area contributed by atoms with Gasteiger partial charge in [0, 0.05) is 19.3 Å². The number of nitrogens with one attached hydrogen (secondary N) is 1. The Hall–Kier alpha value is -1.88. The van der Waals surface area contributed by atoms with Crippen LogP contribution >= 0.6 is 0 Å². The molecule has 2 aliphatic heterocycles. The van der Waals surface area contributed by atoms with Crippen LogP contribution in [0.15, 0.2) is 30.3 Å². The van der Waals surface area contributed by atoms with Gasteiger partial charge < -0.3 is 15.0 Å². The molecule has 2 heterocycles. The fraction of sp³-hybridized carbons (Fsp3) is 0.467. The van der Waals surface area contributed by atoms with Crippen LogP contribution in [0.4, 0.5) is 0 Å². The zero-order valence-corrected chi connectivity index (χ0v) is 11.2. The zero-order valence-electron chi connectivity index (χ0n) is 11.2. The first-order valence-electron chi connectivity index (χ1n) is 6.98. The van der Waals surface area contributed by atoms with Gasteiger partial charge in [-0.1, -0.05) is 30.3 Å². The molecule has 5 heteroatoms. The molecule has 0 radical (unpaired) electrons. The lowest BCUT2D eigenvalue weighted by Crippen LogP contribution is -2.57. The quantitative estimate of drug-likeness (QED) is 0.870. The van der Waals surface area contributed by atoms with E-state index in [1.807, 2.05) is 30.3 Å². The highest BCUT2D eigenvalue weighted by atomic mass is 16.5. The van der Waals surface area contributed by atoms with Crippen molar-refractivity contribution in [3.8, 4) is 0 Å². The van der Waals surface area contributed by atoms with E-state index in [0.29, 0.717) is 13.2 Å². The van der Waals surface area contributed by atoms with Crippen molar-refractivity contribution in [3.05, 3.63) is 35.9 Å². The Morgan fingerprint density at radius 2 is 1.80 bits per heavy atom. The average Bonchev–Trinajstić information content (AvgIpc) is 2.51. The van der Waals surface area contributed by atoms with Crippen LogP contribution in [0.25, 0.3) is 0 Å². The van der Waals surface area contributed by atoms with E-state index >= 15 is 0 Å². The molecule has 2 saturated heterocycles. The van der Waals surface area contributed by atoms with Crippen LogP contribution in [-0.2, 0) is 14.3 Å². The molecule has 1 unspecified atom stereocenters. The van der Waals surface area contributed by atoms with Crippen LogP contribution < -0.4 is 5.32 Å². The molecule has 2 aliphatic rings. The molecule has 0 aromatic heterocycles. The van der Waals surface area contributed by atoms with Gasteiger partial charge >= 0.3 is 0 Å². The van der Waals surface area contributed by atoms with Crippen molar-refractivity contribution in [1.29, 1.82) is 0 Å². The Kier molecular flexibility index (Phi) is 3.69. The SMILES string of the molecule is O=C1CN(C2CCOCC2)C(=O)C(c2ccccc2)N1. The normalized spacial score (nSPS) is 24.6. The molecule has 2 fully saturated rings. The highest BCUT2D eigenvalue weighted by molar-refractivity contribution is 5.95. The van der Waals surface area contributed by atoms with Gasteiger partial charge in [-0.2, -0.15) is 0 Å². The van der Waals surface area contributed by atoms with Gasteiger partial charge in [-0.15, -0.1) is 0 Å². The Balaban J connectivity index is 1.82. The van der Waals surface area contributed by atoms with Gasteiger partial charge in [-0.05, 0) is 18.4 Å². The van der Waals surface area contributed by atoms with E-state index in [4.69, 9.17) is 4.74 Å². The molecule has 3 rings (SSSR count). The summed E-state index contributed by atoms with van der Waals surface area (Å²) >= 11 is 0. The number of carbonyl (C=O) groups excluding carboxylic acids is 2. The number of carbonyl (C=O) groups is 2. The van der Waals surface area contributed by atoms with Crippen LogP contribution in [0.5, 0.6) is 0 Å². The minimum Gasteiger partial charge on any atom is -0.381 e. The Morgan fingerprint density at radius 3 is 2.50 bits per heavy atom. The van der Waals surface area contributed by atoms with Crippen LogP contribution in [-0.4, -0.2) is 42.5 Å². The molecule has 20 heavy (non-hydrogen) atoms. The van der Waals surface area contributed by atoms with Gasteiger partial charge in [0.05, 0.1) is 6.54 Å². The Morgan fingerprint density at radius 1 is 1.10 bits per heavy atom. The molecular weight excluding hydrogens is 256 g/mol. The second kappa shape index (κ2) is 5.63. The lowest BCUT2D eigenvalue weighted by Gasteiger charge is -2.39. The van der Waals surface area contributed by atoms with Gasteiger partial charge in [0.15, 0.2) is 0 Å². The molecule has 0 saturated carbocycles. The Bertz CT molecular complexity index is 497. The molecule has 1 aromatic carbocycles. The Labute approximate surface area is 117 Å². The maximum Gasteiger partial charge on any atom is 0.250 e. The molecule has 1 atom stereocenters. The summed E-state index contributed by atoms with van der Waals surface area (Å²) in [6.07, 6.45) is 1.61. The highest BCUT2D eigenvalue weighted by Crippen LogP contribution is 2.24. The van der Waals surface area contributed by atoms with E-state index in [1.165, 1.54) is 0 Å². The molecule has 2 amide bonds. The molecule has 5 nitrogen and oxygen atoms in total. The number of piperazine rings is 1. The van der Waals surface area contributed by atoms with E-state index in [-0.39, 0.29) is 24.4 Å². The van der Waals surface area contributed by atoms with Crippen molar-refractivity contribution < 1.29 is 14.3 Å². The van der Waals surface area contributed by atoms with Gasteiger partial charge in [0.2, 0.25) is 5.91 Å². The summed E-state index contributed by atoms with van der Waals surface area (Å²) in [5.74, 6) is -0.104. The first-order chi connectivity index (χ1) is 9.75. The molecule has 1 aromatic rings. The van der Waals surface area contributed by atoms with E-state index in [9.17, 15) is 9.59 Å². The first kappa shape index (κ1) is 13.1. The summed E-state index contributed by atoms with van der Waals surface area (Å²) in [6.45, 7) is 1.48. The summed E-state index contributed by atoms with van der Waals surface area (Å²) in [5, 5.41) is 2.79. The molecule has 0 bridgehead atoms. The molecular formula is C15H18N2O3. The standard InChI is InChI=1S/C15H18N2O3/c18-13-10-17(12-6-8-20-9-7-12)15(19)14(16-13)11-4-2-1-3-5-11/h1-5,12,14H,6-10H2,(H,16,18). The summed E-state index contributed by atoms with van der Waals surface area (Å²) in [5.41, 5.74) is 0.836. The highest BCUT2D eigenvalue weighted by Gasteiger charge is 2.37.